The van der Waals surface area contributed by atoms with Crippen LogP contribution in [-0.4, -0.2) is 37.9 Å². The normalized spacial score (nSPS) is 12.0. The maximum atomic E-state index is 12.1. The number of benzene rings is 1. The van der Waals surface area contributed by atoms with Crippen molar-refractivity contribution in [3.8, 4) is 11.6 Å². The van der Waals surface area contributed by atoms with E-state index < -0.39 is 17.1 Å². The first-order valence-electron chi connectivity index (χ1n) is 7.67. The molecule has 0 saturated carbocycles. The molecule has 0 aliphatic heterocycles. The Hall–Kier alpha value is -1.80. The summed E-state index contributed by atoms with van der Waals surface area (Å²) in [6.07, 6.45) is 1.31. The Balaban J connectivity index is 2.30. The van der Waals surface area contributed by atoms with Gasteiger partial charge in [0.1, 0.15) is 5.56 Å². The number of nitrogens with zero attached hydrogens (tertiary/aromatic N) is 2. The second-order valence-corrected chi connectivity index (χ2v) is 9.14. The van der Waals surface area contributed by atoms with Crippen LogP contribution in [0.2, 0.25) is 0 Å². The minimum absolute atomic E-state index is 0.0386. The number of nitrogens with one attached hydrogen (secondary N) is 1. The van der Waals surface area contributed by atoms with E-state index in [1.54, 1.807) is 36.0 Å². The van der Waals surface area contributed by atoms with Crippen LogP contribution in [0.4, 0.5) is 0 Å². The third-order valence-corrected chi connectivity index (χ3v) is 4.96. The average molecular weight is 426 g/mol. The Labute approximate surface area is 158 Å². The van der Waals surface area contributed by atoms with E-state index in [2.05, 4.69) is 46.7 Å². The number of hydrogen-bond acceptors (Lipinski definition) is 5. The van der Waals surface area contributed by atoms with Gasteiger partial charge in [0.15, 0.2) is 0 Å². The fourth-order valence-electron chi connectivity index (χ4n) is 2.04. The van der Waals surface area contributed by atoms with Crippen LogP contribution in [0.15, 0.2) is 43.3 Å². The highest BCUT2D eigenvalue weighted by atomic mass is 79.9. The maximum Gasteiger partial charge on any atom is 0.335 e. The van der Waals surface area contributed by atoms with Crippen molar-refractivity contribution in [3.05, 3.63) is 55.1 Å². The second-order valence-electron chi connectivity index (χ2n) is 6.30. The predicted molar refractivity (Wildman–Crippen MR) is 107 cm³/mol. The lowest BCUT2D eigenvalue weighted by Crippen LogP contribution is -2.31. The van der Waals surface area contributed by atoms with E-state index in [1.807, 2.05) is 0 Å². The molecule has 0 radical (unpaired) electrons. The van der Waals surface area contributed by atoms with Gasteiger partial charge in [0, 0.05) is 27.7 Å². The van der Waals surface area contributed by atoms with Gasteiger partial charge in [0.2, 0.25) is 5.88 Å². The van der Waals surface area contributed by atoms with Crippen molar-refractivity contribution < 1.29 is 5.11 Å². The van der Waals surface area contributed by atoms with Crippen molar-refractivity contribution >= 4 is 33.9 Å². The van der Waals surface area contributed by atoms with Crippen molar-refractivity contribution in [2.45, 2.75) is 25.5 Å². The lowest BCUT2D eigenvalue weighted by atomic mass is 10.3. The number of aliphatic imine (C=N–C) groups is 1. The molecular weight excluding hydrogens is 406 g/mol. The molecule has 0 aliphatic carbocycles. The molecule has 0 bridgehead atoms. The largest absolute Gasteiger partial charge is 0.493 e. The van der Waals surface area contributed by atoms with Crippen LogP contribution in [0.3, 0.4) is 0 Å². The van der Waals surface area contributed by atoms with Gasteiger partial charge in [-0.1, -0.05) is 36.7 Å². The number of aromatic hydroxyl groups is 1. The Morgan fingerprint density at radius 1 is 1.28 bits per heavy atom. The molecule has 0 aliphatic rings. The standard InChI is InChI=1S/C17H20BrN3O3S/c1-17(2,3)25-9-8-19-10-13-14(22)20-16(24)21(15(13)23)12-6-4-11(18)5-7-12/h4-7,10,23H,8-9H2,1-3H3,(H,20,22,24). The smallest absolute Gasteiger partial charge is 0.335 e. The van der Waals surface area contributed by atoms with E-state index in [9.17, 15) is 14.7 Å². The number of H-pyrrole nitrogens is 1. The molecule has 0 unspecified atom stereocenters. The van der Waals surface area contributed by atoms with Gasteiger partial charge in [-0.2, -0.15) is 11.8 Å². The van der Waals surface area contributed by atoms with Crippen LogP contribution in [0, 0.1) is 0 Å². The van der Waals surface area contributed by atoms with Crippen molar-refractivity contribution in [2.75, 3.05) is 12.3 Å². The van der Waals surface area contributed by atoms with Crippen molar-refractivity contribution in [1.82, 2.24) is 9.55 Å². The SMILES string of the molecule is CC(C)(C)SCCN=Cc1c(O)n(-c2ccc(Br)cc2)c(=O)[nH]c1=O. The molecule has 1 aromatic carbocycles. The van der Waals surface area contributed by atoms with Gasteiger partial charge >= 0.3 is 5.69 Å². The van der Waals surface area contributed by atoms with E-state index in [0.29, 0.717) is 12.2 Å². The van der Waals surface area contributed by atoms with E-state index in [0.717, 1.165) is 14.8 Å². The molecule has 1 aromatic heterocycles. The van der Waals surface area contributed by atoms with Crippen LogP contribution < -0.4 is 11.2 Å². The van der Waals surface area contributed by atoms with Gasteiger partial charge in [-0.05, 0) is 24.3 Å². The fourth-order valence-corrected chi connectivity index (χ4v) is 3.12. The first-order valence-corrected chi connectivity index (χ1v) is 9.45. The maximum absolute atomic E-state index is 12.1. The number of aromatic amines is 1. The van der Waals surface area contributed by atoms with E-state index >= 15 is 0 Å². The van der Waals surface area contributed by atoms with Gasteiger partial charge in [-0.25, -0.2) is 9.36 Å². The molecule has 1 heterocycles. The average Bonchev–Trinajstić information content (AvgIpc) is 2.50. The second kappa shape index (κ2) is 8.05. The number of aromatic nitrogens is 2. The lowest BCUT2D eigenvalue weighted by molar-refractivity contribution is 0.430. The van der Waals surface area contributed by atoms with Crippen LogP contribution in [0.5, 0.6) is 5.88 Å². The van der Waals surface area contributed by atoms with Crippen molar-refractivity contribution in [1.29, 1.82) is 0 Å². The molecule has 25 heavy (non-hydrogen) atoms. The minimum Gasteiger partial charge on any atom is -0.493 e. The predicted octanol–water partition coefficient (Wildman–Crippen LogP) is 2.94. The zero-order valence-electron chi connectivity index (χ0n) is 14.2. The monoisotopic (exact) mass is 425 g/mol. The summed E-state index contributed by atoms with van der Waals surface area (Å²) in [5, 5.41) is 10.4. The first-order chi connectivity index (χ1) is 11.7. The van der Waals surface area contributed by atoms with Crippen molar-refractivity contribution in [3.63, 3.8) is 0 Å². The summed E-state index contributed by atoms with van der Waals surface area (Å²) in [6, 6.07) is 6.79. The van der Waals surface area contributed by atoms with Crippen LogP contribution in [0.25, 0.3) is 5.69 Å². The molecule has 2 aromatic rings. The summed E-state index contributed by atoms with van der Waals surface area (Å²) in [5.41, 5.74) is -0.962. The Morgan fingerprint density at radius 3 is 2.52 bits per heavy atom. The van der Waals surface area contributed by atoms with Crippen LogP contribution >= 0.6 is 27.7 Å². The van der Waals surface area contributed by atoms with Gasteiger partial charge < -0.3 is 5.11 Å². The molecule has 0 spiro atoms. The molecule has 0 atom stereocenters. The summed E-state index contributed by atoms with van der Waals surface area (Å²) >= 11 is 5.07. The molecule has 8 heteroatoms. The molecule has 2 N–H and O–H groups in total. The third-order valence-electron chi connectivity index (χ3n) is 3.18. The summed E-state index contributed by atoms with van der Waals surface area (Å²) in [6.45, 7) is 6.86. The molecule has 0 saturated heterocycles. The molecule has 2 rings (SSSR count). The Bertz CT molecular complexity index is 880. The molecular formula is C17H20BrN3O3S. The topological polar surface area (TPSA) is 87.4 Å². The molecule has 134 valence electrons. The number of hydrogen-bond donors (Lipinski definition) is 2. The van der Waals surface area contributed by atoms with Gasteiger partial charge in [-0.15, -0.1) is 0 Å². The highest BCUT2D eigenvalue weighted by molar-refractivity contribution is 9.10. The van der Waals surface area contributed by atoms with Crippen LogP contribution in [0.1, 0.15) is 26.3 Å². The molecule has 0 fully saturated rings. The van der Waals surface area contributed by atoms with Gasteiger partial charge in [0.25, 0.3) is 5.56 Å². The molecule has 0 amide bonds. The van der Waals surface area contributed by atoms with Crippen molar-refractivity contribution in [2.24, 2.45) is 4.99 Å². The summed E-state index contributed by atoms with van der Waals surface area (Å²) in [5.74, 6) is 0.369. The highest BCUT2D eigenvalue weighted by Gasteiger charge is 2.14. The van der Waals surface area contributed by atoms with Crippen LogP contribution in [-0.2, 0) is 0 Å². The Morgan fingerprint density at radius 2 is 1.92 bits per heavy atom. The third kappa shape index (κ3) is 5.34. The lowest BCUT2D eigenvalue weighted by Gasteiger charge is -2.16. The number of halogens is 1. The van der Waals surface area contributed by atoms with E-state index in [1.165, 1.54) is 6.21 Å². The van der Waals surface area contributed by atoms with E-state index in [4.69, 9.17) is 0 Å². The number of rotatable bonds is 5. The summed E-state index contributed by atoms with van der Waals surface area (Å²) in [7, 11) is 0. The van der Waals surface area contributed by atoms with E-state index in [-0.39, 0.29) is 10.3 Å². The Kier molecular flexibility index (Phi) is 6.29. The minimum atomic E-state index is -0.703. The summed E-state index contributed by atoms with van der Waals surface area (Å²) in [4.78, 5) is 30.5. The van der Waals surface area contributed by atoms with Gasteiger partial charge in [0.05, 0.1) is 5.69 Å². The van der Waals surface area contributed by atoms with Gasteiger partial charge in [-0.3, -0.25) is 14.8 Å². The zero-order valence-corrected chi connectivity index (χ0v) is 16.6. The quantitative estimate of drug-likeness (QED) is 0.569. The summed E-state index contributed by atoms with van der Waals surface area (Å²) < 4.78 is 2.02. The molecule has 6 nitrogen and oxygen atoms in total. The zero-order chi connectivity index (χ0) is 18.6. The highest BCUT2D eigenvalue weighted by Crippen LogP contribution is 2.22. The number of thioether (sulfide) groups is 1. The fraction of sp³-hybridized carbons (Fsp3) is 0.353. The first kappa shape index (κ1) is 19.5.